The Morgan fingerprint density at radius 1 is 1.18 bits per heavy atom. The summed E-state index contributed by atoms with van der Waals surface area (Å²) in [6.45, 7) is 4.12. The fourth-order valence-corrected chi connectivity index (χ4v) is 3.53. The molecule has 2 aromatic rings. The van der Waals surface area contributed by atoms with E-state index in [1.807, 2.05) is 30.6 Å². The van der Waals surface area contributed by atoms with E-state index in [-0.39, 0.29) is 5.75 Å². The molecule has 0 bridgehead atoms. The topological polar surface area (TPSA) is 53.8 Å². The van der Waals surface area contributed by atoms with Gasteiger partial charge in [0.2, 0.25) is 0 Å². The van der Waals surface area contributed by atoms with Gasteiger partial charge in [0.25, 0.3) is 0 Å². The van der Waals surface area contributed by atoms with Crippen LogP contribution >= 0.6 is 15.9 Å². The summed E-state index contributed by atoms with van der Waals surface area (Å²) in [6.07, 6.45) is 8.54. The van der Waals surface area contributed by atoms with Crippen molar-refractivity contribution in [2.24, 2.45) is 4.99 Å². The summed E-state index contributed by atoms with van der Waals surface area (Å²) < 4.78 is 6.74. The van der Waals surface area contributed by atoms with Crippen LogP contribution in [-0.4, -0.2) is 24.5 Å². The smallest absolute Gasteiger partial charge is 0.160 e. The summed E-state index contributed by atoms with van der Waals surface area (Å²) in [5, 5.41) is 13.6. The zero-order valence-corrected chi connectivity index (χ0v) is 17.8. The molecule has 0 radical (unpaired) electrons. The molecule has 2 N–H and O–H groups in total. The first kappa shape index (κ1) is 20.5. The van der Waals surface area contributed by atoms with Crippen molar-refractivity contribution in [3.05, 3.63) is 63.8 Å². The number of ether oxygens (including phenoxy) is 1. The third-order valence-corrected chi connectivity index (χ3v) is 5.21. The number of hydrogen-bond acceptors (Lipinski definition) is 4. The van der Waals surface area contributed by atoms with E-state index in [9.17, 15) is 5.11 Å². The number of benzene rings is 2. The number of phenols is 1. The highest BCUT2D eigenvalue weighted by atomic mass is 79.9. The van der Waals surface area contributed by atoms with Crippen LogP contribution < -0.4 is 10.1 Å². The number of fused-ring (bicyclic) bond motifs is 1. The Labute approximate surface area is 175 Å². The molecule has 3 rings (SSSR count). The highest BCUT2D eigenvalue weighted by Gasteiger charge is 2.11. The third-order valence-electron chi connectivity index (χ3n) is 4.71. The molecule has 148 valence electrons. The normalized spacial score (nSPS) is 14.1. The Hall–Kier alpha value is -2.27. The second kappa shape index (κ2) is 10.3. The largest absolute Gasteiger partial charge is 0.504 e. The molecule has 28 heavy (non-hydrogen) atoms. The van der Waals surface area contributed by atoms with Crippen LogP contribution in [0.4, 0.5) is 0 Å². The summed E-state index contributed by atoms with van der Waals surface area (Å²) in [5.41, 5.74) is 4.46. The predicted molar refractivity (Wildman–Crippen MR) is 119 cm³/mol. The van der Waals surface area contributed by atoms with Gasteiger partial charge in [-0.2, -0.15) is 0 Å². The zero-order valence-electron chi connectivity index (χ0n) is 16.2. The lowest BCUT2D eigenvalue weighted by atomic mass is 9.99. The number of aliphatic imine (C=N–C) groups is 1. The first-order valence-electron chi connectivity index (χ1n) is 9.84. The molecule has 0 amide bonds. The summed E-state index contributed by atoms with van der Waals surface area (Å²) in [7, 11) is 0. The second-order valence-electron chi connectivity index (χ2n) is 6.96. The number of hydrogen-bond donors (Lipinski definition) is 2. The van der Waals surface area contributed by atoms with E-state index < -0.39 is 0 Å². The highest BCUT2D eigenvalue weighted by Crippen LogP contribution is 2.28. The van der Waals surface area contributed by atoms with Crippen molar-refractivity contribution in [1.29, 1.82) is 0 Å². The first-order valence-corrected chi connectivity index (χ1v) is 10.6. The lowest BCUT2D eigenvalue weighted by molar-refractivity contribution is 0.289. The minimum absolute atomic E-state index is 0.194. The number of aromatic hydroxyl groups is 1. The van der Waals surface area contributed by atoms with E-state index in [1.165, 1.54) is 18.4 Å². The maximum atomic E-state index is 10.2. The van der Waals surface area contributed by atoms with Crippen molar-refractivity contribution < 1.29 is 9.84 Å². The molecule has 1 aliphatic heterocycles. The Bertz CT molecular complexity index is 862. The molecule has 0 aliphatic carbocycles. The average molecular weight is 443 g/mol. The summed E-state index contributed by atoms with van der Waals surface area (Å²) in [6, 6.07) is 11.8. The lowest BCUT2D eigenvalue weighted by Gasteiger charge is -2.15. The highest BCUT2D eigenvalue weighted by molar-refractivity contribution is 9.10. The summed E-state index contributed by atoms with van der Waals surface area (Å²) >= 11 is 3.54. The standard InChI is InChI=1S/C23H27BrN2O2/c1-2-3-4-5-10-28-23-9-6-17(11-22(23)27)13-25-15-19-16-26-14-18-7-8-20(24)12-21(18)19/h6-9,11-12,14-15,25,27H,2-5,10,13,16H2,1H3/b19-15+. The Morgan fingerprint density at radius 3 is 2.89 bits per heavy atom. The molecule has 2 aromatic carbocycles. The molecule has 1 aliphatic rings. The summed E-state index contributed by atoms with van der Waals surface area (Å²) in [4.78, 5) is 4.42. The lowest BCUT2D eigenvalue weighted by Crippen LogP contribution is -2.10. The molecule has 0 aromatic heterocycles. The average Bonchev–Trinajstić information content (AvgIpc) is 2.69. The molecule has 0 saturated heterocycles. The number of phenolic OH excluding ortho intramolecular Hbond substituents is 1. The van der Waals surface area contributed by atoms with Crippen molar-refractivity contribution >= 4 is 27.7 Å². The maximum absolute atomic E-state index is 10.2. The maximum Gasteiger partial charge on any atom is 0.160 e. The molecule has 0 atom stereocenters. The van der Waals surface area contributed by atoms with Crippen molar-refractivity contribution in [3.63, 3.8) is 0 Å². The van der Waals surface area contributed by atoms with E-state index in [4.69, 9.17) is 4.74 Å². The Balaban J connectivity index is 1.55. The third kappa shape index (κ3) is 5.61. The van der Waals surface area contributed by atoms with E-state index in [0.717, 1.165) is 34.0 Å². The van der Waals surface area contributed by atoms with Crippen molar-refractivity contribution in [2.45, 2.75) is 39.2 Å². The van der Waals surface area contributed by atoms with Crippen LogP contribution in [0.15, 0.2) is 52.1 Å². The number of rotatable bonds is 9. The summed E-state index contributed by atoms with van der Waals surface area (Å²) in [5.74, 6) is 0.748. The molecular weight excluding hydrogens is 416 g/mol. The van der Waals surface area contributed by atoms with Crippen LogP contribution in [0.25, 0.3) is 5.57 Å². The number of nitrogens with one attached hydrogen (secondary N) is 1. The van der Waals surface area contributed by atoms with Crippen LogP contribution in [-0.2, 0) is 6.54 Å². The van der Waals surface area contributed by atoms with Gasteiger partial charge < -0.3 is 15.2 Å². The van der Waals surface area contributed by atoms with Gasteiger partial charge in [-0.1, -0.05) is 54.2 Å². The van der Waals surface area contributed by atoms with Crippen LogP contribution in [0.2, 0.25) is 0 Å². The molecule has 0 unspecified atom stereocenters. The van der Waals surface area contributed by atoms with Crippen LogP contribution in [0.1, 0.15) is 49.3 Å². The van der Waals surface area contributed by atoms with Gasteiger partial charge in [0.1, 0.15) is 0 Å². The monoisotopic (exact) mass is 442 g/mol. The van der Waals surface area contributed by atoms with Gasteiger partial charge in [0, 0.05) is 23.4 Å². The van der Waals surface area contributed by atoms with Crippen LogP contribution in [0.5, 0.6) is 11.5 Å². The van der Waals surface area contributed by atoms with Crippen molar-refractivity contribution in [1.82, 2.24) is 5.32 Å². The van der Waals surface area contributed by atoms with Gasteiger partial charge in [-0.15, -0.1) is 0 Å². The Morgan fingerprint density at radius 2 is 2.07 bits per heavy atom. The molecule has 4 nitrogen and oxygen atoms in total. The molecular formula is C23H27BrN2O2. The van der Waals surface area contributed by atoms with Gasteiger partial charge in [0.15, 0.2) is 11.5 Å². The molecule has 0 fully saturated rings. The first-order chi connectivity index (χ1) is 13.7. The zero-order chi connectivity index (χ0) is 19.8. The van der Waals surface area contributed by atoms with Crippen LogP contribution in [0, 0.1) is 0 Å². The van der Waals surface area contributed by atoms with E-state index in [2.05, 4.69) is 45.3 Å². The van der Waals surface area contributed by atoms with Gasteiger partial charge in [-0.05, 0) is 52.9 Å². The van der Waals surface area contributed by atoms with Gasteiger partial charge in [-0.3, -0.25) is 4.99 Å². The minimum Gasteiger partial charge on any atom is -0.504 e. The van der Waals surface area contributed by atoms with Crippen molar-refractivity contribution in [3.8, 4) is 11.5 Å². The fraction of sp³-hybridized carbons (Fsp3) is 0.348. The van der Waals surface area contributed by atoms with Gasteiger partial charge in [-0.25, -0.2) is 0 Å². The fourth-order valence-electron chi connectivity index (χ4n) is 3.17. The van der Waals surface area contributed by atoms with E-state index in [1.54, 1.807) is 6.07 Å². The molecule has 5 heteroatoms. The number of unbranched alkanes of at least 4 members (excludes halogenated alkanes) is 3. The quantitative estimate of drug-likeness (QED) is 0.491. The van der Waals surface area contributed by atoms with Crippen LogP contribution in [0.3, 0.4) is 0 Å². The number of nitrogens with zero attached hydrogens (tertiary/aromatic N) is 1. The minimum atomic E-state index is 0.194. The van der Waals surface area contributed by atoms with Gasteiger partial charge in [0.05, 0.1) is 13.2 Å². The second-order valence-corrected chi connectivity index (χ2v) is 7.88. The Kier molecular flexibility index (Phi) is 7.54. The predicted octanol–water partition coefficient (Wildman–Crippen LogP) is 5.68. The van der Waals surface area contributed by atoms with Crippen molar-refractivity contribution in [2.75, 3.05) is 13.2 Å². The van der Waals surface area contributed by atoms with Gasteiger partial charge >= 0.3 is 0 Å². The number of halogens is 1. The van der Waals surface area contributed by atoms with E-state index in [0.29, 0.717) is 25.4 Å². The molecule has 0 saturated carbocycles. The SMILES string of the molecule is CCCCCCOc1ccc(CN/C=C2\CN=Cc3ccc(Br)cc32)cc1O. The van der Waals surface area contributed by atoms with E-state index >= 15 is 0 Å². The molecule has 1 heterocycles. The molecule has 0 spiro atoms.